The molecule has 0 spiro atoms. The number of methoxy groups -OCH3 is 2. The number of carbonyl (C=O) groups is 1. The molecule has 4 rings (SSSR count). The van der Waals surface area contributed by atoms with Gasteiger partial charge >= 0.3 is 0 Å². The summed E-state index contributed by atoms with van der Waals surface area (Å²) in [5, 5.41) is 3.91. The van der Waals surface area contributed by atoms with Crippen molar-refractivity contribution in [3.05, 3.63) is 84.4 Å². The zero-order valence-corrected chi connectivity index (χ0v) is 23.1. The SMILES string of the molecule is CCCCn1c(SCC(=O)NCCc2ccc(OC)c(OC)c2)nc(-c2ccccc2)c1-c1ccccc1. The van der Waals surface area contributed by atoms with Gasteiger partial charge in [-0.3, -0.25) is 4.79 Å². The standard InChI is InChI=1S/C31H35N3O3S/c1-4-5-20-34-30(25-14-10-7-11-15-25)29(24-12-8-6-9-13-24)33-31(34)38-22-28(35)32-19-18-23-16-17-26(36-2)27(21-23)37-3/h6-17,21H,4-5,18-20,22H2,1-3H3,(H,32,35). The molecule has 1 N–H and O–H groups in total. The number of thioether (sulfide) groups is 1. The van der Waals surface area contributed by atoms with Crippen molar-refractivity contribution in [1.29, 1.82) is 0 Å². The summed E-state index contributed by atoms with van der Waals surface area (Å²) in [5.41, 5.74) is 5.32. The summed E-state index contributed by atoms with van der Waals surface area (Å²) in [7, 11) is 3.24. The molecule has 0 saturated carbocycles. The minimum Gasteiger partial charge on any atom is -0.493 e. The van der Waals surface area contributed by atoms with Crippen LogP contribution in [-0.2, 0) is 17.8 Å². The molecule has 0 aliphatic rings. The van der Waals surface area contributed by atoms with E-state index >= 15 is 0 Å². The first-order chi connectivity index (χ1) is 18.6. The number of amides is 1. The number of hydrogen-bond acceptors (Lipinski definition) is 5. The lowest BCUT2D eigenvalue weighted by atomic mass is 10.0. The van der Waals surface area contributed by atoms with Gasteiger partial charge in [0.05, 0.1) is 31.4 Å². The molecule has 1 heterocycles. The largest absolute Gasteiger partial charge is 0.493 e. The molecule has 0 unspecified atom stereocenters. The first-order valence-corrected chi connectivity index (χ1v) is 13.9. The van der Waals surface area contributed by atoms with Gasteiger partial charge in [0.25, 0.3) is 0 Å². The normalized spacial score (nSPS) is 10.8. The zero-order valence-electron chi connectivity index (χ0n) is 22.3. The molecule has 3 aromatic carbocycles. The fourth-order valence-corrected chi connectivity index (χ4v) is 5.17. The number of ether oxygens (including phenoxy) is 2. The Morgan fingerprint density at radius 2 is 1.61 bits per heavy atom. The lowest BCUT2D eigenvalue weighted by Gasteiger charge is -2.13. The van der Waals surface area contributed by atoms with E-state index in [2.05, 4.69) is 53.2 Å². The van der Waals surface area contributed by atoms with Crippen LogP contribution in [0.3, 0.4) is 0 Å². The van der Waals surface area contributed by atoms with E-state index in [4.69, 9.17) is 14.5 Å². The zero-order chi connectivity index (χ0) is 26.7. The van der Waals surface area contributed by atoms with Crippen LogP contribution in [0.15, 0.2) is 84.0 Å². The Hall–Kier alpha value is -3.71. The maximum Gasteiger partial charge on any atom is 0.230 e. The van der Waals surface area contributed by atoms with Crippen molar-refractivity contribution in [1.82, 2.24) is 14.9 Å². The fraction of sp³-hybridized carbons (Fsp3) is 0.290. The second-order valence-electron chi connectivity index (χ2n) is 8.91. The second-order valence-corrected chi connectivity index (χ2v) is 9.85. The van der Waals surface area contributed by atoms with Crippen LogP contribution in [0.4, 0.5) is 0 Å². The maximum absolute atomic E-state index is 12.8. The van der Waals surface area contributed by atoms with E-state index in [9.17, 15) is 4.79 Å². The van der Waals surface area contributed by atoms with Crippen molar-refractivity contribution in [2.24, 2.45) is 0 Å². The average molecular weight is 530 g/mol. The van der Waals surface area contributed by atoms with Crippen LogP contribution in [0.2, 0.25) is 0 Å². The highest BCUT2D eigenvalue weighted by Gasteiger charge is 2.20. The van der Waals surface area contributed by atoms with Crippen LogP contribution in [-0.4, -0.2) is 42.0 Å². The third-order valence-corrected chi connectivity index (χ3v) is 7.25. The molecular formula is C31H35N3O3S. The van der Waals surface area contributed by atoms with Crippen LogP contribution < -0.4 is 14.8 Å². The highest BCUT2D eigenvalue weighted by Crippen LogP contribution is 2.36. The average Bonchev–Trinajstić information content (AvgIpc) is 3.34. The van der Waals surface area contributed by atoms with Gasteiger partial charge in [-0.05, 0) is 30.5 Å². The Labute approximate surface area is 229 Å². The van der Waals surface area contributed by atoms with Crippen LogP contribution in [0.25, 0.3) is 22.5 Å². The number of imidazole rings is 1. The van der Waals surface area contributed by atoms with Crippen molar-refractivity contribution in [2.45, 2.75) is 37.9 Å². The first kappa shape index (κ1) is 27.3. The summed E-state index contributed by atoms with van der Waals surface area (Å²) in [5.74, 6) is 1.68. The van der Waals surface area contributed by atoms with Gasteiger partial charge in [0.15, 0.2) is 16.7 Å². The molecule has 0 atom stereocenters. The number of carbonyl (C=O) groups excluding carboxylic acids is 1. The number of unbranched alkanes of at least 4 members (excludes halogenated alkanes) is 1. The predicted octanol–water partition coefficient (Wildman–Crippen LogP) is 6.49. The quantitative estimate of drug-likeness (QED) is 0.201. The third-order valence-electron chi connectivity index (χ3n) is 6.28. The highest BCUT2D eigenvalue weighted by molar-refractivity contribution is 7.99. The lowest BCUT2D eigenvalue weighted by molar-refractivity contribution is -0.118. The highest BCUT2D eigenvalue weighted by atomic mass is 32.2. The van der Waals surface area contributed by atoms with Gasteiger partial charge in [0.1, 0.15) is 0 Å². The van der Waals surface area contributed by atoms with E-state index in [1.807, 2.05) is 42.5 Å². The van der Waals surface area contributed by atoms with Crippen molar-refractivity contribution in [3.8, 4) is 34.0 Å². The topological polar surface area (TPSA) is 65.4 Å². The summed E-state index contributed by atoms with van der Waals surface area (Å²) < 4.78 is 13.0. The first-order valence-electron chi connectivity index (χ1n) is 13.0. The fourth-order valence-electron chi connectivity index (χ4n) is 4.32. The molecular weight excluding hydrogens is 494 g/mol. The van der Waals surface area contributed by atoms with Gasteiger partial charge in [0, 0.05) is 24.2 Å². The van der Waals surface area contributed by atoms with Gasteiger partial charge < -0.3 is 19.4 Å². The Morgan fingerprint density at radius 3 is 2.26 bits per heavy atom. The van der Waals surface area contributed by atoms with Gasteiger partial charge in [-0.1, -0.05) is 91.8 Å². The summed E-state index contributed by atoms with van der Waals surface area (Å²) >= 11 is 1.49. The number of nitrogens with one attached hydrogen (secondary N) is 1. The Balaban J connectivity index is 1.49. The number of nitrogens with zero attached hydrogens (tertiary/aromatic N) is 2. The maximum atomic E-state index is 12.8. The van der Waals surface area contributed by atoms with E-state index < -0.39 is 0 Å². The minimum atomic E-state index is -0.0111. The summed E-state index contributed by atoms with van der Waals surface area (Å²) in [4.78, 5) is 17.8. The van der Waals surface area contributed by atoms with E-state index in [0.717, 1.165) is 52.6 Å². The third kappa shape index (κ3) is 6.78. The smallest absolute Gasteiger partial charge is 0.230 e. The Bertz CT molecular complexity index is 1320. The Kier molecular flexibility index (Phi) is 9.87. The number of hydrogen-bond donors (Lipinski definition) is 1. The number of benzene rings is 3. The van der Waals surface area contributed by atoms with Crippen LogP contribution in [0.5, 0.6) is 11.5 Å². The van der Waals surface area contributed by atoms with E-state index in [1.165, 1.54) is 11.8 Å². The molecule has 7 heteroatoms. The monoisotopic (exact) mass is 529 g/mol. The van der Waals surface area contributed by atoms with Crippen molar-refractivity contribution in [2.75, 3.05) is 26.5 Å². The molecule has 38 heavy (non-hydrogen) atoms. The van der Waals surface area contributed by atoms with Crippen molar-refractivity contribution < 1.29 is 14.3 Å². The number of aromatic nitrogens is 2. The van der Waals surface area contributed by atoms with Crippen molar-refractivity contribution >= 4 is 17.7 Å². The summed E-state index contributed by atoms with van der Waals surface area (Å²) in [6.45, 7) is 3.59. The van der Waals surface area contributed by atoms with E-state index in [-0.39, 0.29) is 5.91 Å². The molecule has 0 fully saturated rings. The summed E-state index contributed by atoms with van der Waals surface area (Å²) in [6.07, 6.45) is 2.82. The second kappa shape index (κ2) is 13.7. The van der Waals surface area contributed by atoms with Crippen LogP contribution >= 0.6 is 11.8 Å². The molecule has 1 aromatic heterocycles. The molecule has 0 aliphatic carbocycles. The van der Waals surface area contributed by atoms with Gasteiger partial charge in [-0.2, -0.15) is 0 Å². The number of rotatable bonds is 13. The Morgan fingerprint density at radius 1 is 0.921 bits per heavy atom. The minimum absolute atomic E-state index is 0.0111. The molecule has 0 bridgehead atoms. The van der Waals surface area contributed by atoms with Crippen molar-refractivity contribution in [3.63, 3.8) is 0 Å². The van der Waals surface area contributed by atoms with Crippen LogP contribution in [0.1, 0.15) is 25.3 Å². The summed E-state index contributed by atoms with van der Waals surface area (Å²) in [6, 6.07) is 26.5. The molecule has 0 radical (unpaired) electrons. The van der Waals surface area contributed by atoms with E-state index in [0.29, 0.717) is 30.2 Å². The van der Waals surface area contributed by atoms with Gasteiger partial charge in [0.2, 0.25) is 5.91 Å². The molecule has 0 aliphatic heterocycles. The van der Waals surface area contributed by atoms with Crippen LogP contribution in [0, 0.1) is 0 Å². The molecule has 0 saturated heterocycles. The van der Waals surface area contributed by atoms with E-state index in [1.54, 1.807) is 14.2 Å². The van der Waals surface area contributed by atoms with Gasteiger partial charge in [-0.25, -0.2) is 4.98 Å². The molecule has 4 aromatic rings. The van der Waals surface area contributed by atoms with Gasteiger partial charge in [-0.15, -0.1) is 0 Å². The predicted molar refractivity (Wildman–Crippen MR) is 155 cm³/mol. The molecule has 198 valence electrons. The molecule has 6 nitrogen and oxygen atoms in total. The molecule has 1 amide bonds. The lowest BCUT2D eigenvalue weighted by Crippen LogP contribution is -2.27.